The van der Waals surface area contributed by atoms with Gasteiger partial charge < -0.3 is 14.6 Å². The number of rotatable bonds is 9. The molecule has 7 nitrogen and oxygen atoms in total. The van der Waals surface area contributed by atoms with Crippen LogP contribution in [0.3, 0.4) is 0 Å². The van der Waals surface area contributed by atoms with E-state index in [0.29, 0.717) is 13.2 Å². The number of hydrogen-bond donors (Lipinski definition) is 1. The Kier molecular flexibility index (Phi) is 8.60. The fraction of sp³-hybridized carbons (Fsp3) is 0.364. The number of nitrogens with zero attached hydrogens (tertiary/aromatic N) is 3. The number of ether oxygens (including phenoxy) is 1. The number of benzene rings is 2. The molecule has 40 heavy (non-hydrogen) atoms. The summed E-state index contributed by atoms with van der Waals surface area (Å²) in [5.74, 6) is 0.650. The van der Waals surface area contributed by atoms with E-state index < -0.39 is 0 Å². The molecule has 3 heterocycles. The van der Waals surface area contributed by atoms with Crippen molar-refractivity contribution in [2.45, 2.75) is 58.7 Å². The number of pyridine rings is 2. The van der Waals surface area contributed by atoms with Crippen LogP contribution in [0.15, 0.2) is 71.7 Å². The Hall–Kier alpha value is -3.97. The molecule has 2 aromatic carbocycles. The molecule has 1 aliphatic rings. The molecule has 1 N–H and O–H groups in total. The van der Waals surface area contributed by atoms with Crippen molar-refractivity contribution in [1.82, 2.24) is 19.8 Å². The van der Waals surface area contributed by atoms with Crippen molar-refractivity contribution in [3.8, 4) is 5.75 Å². The smallest absolute Gasteiger partial charge is 0.261 e. The van der Waals surface area contributed by atoms with Crippen LogP contribution in [0, 0.1) is 13.8 Å². The maximum atomic E-state index is 13.3. The molecule has 0 bridgehead atoms. The van der Waals surface area contributed by atoms with Gasteiger partial charge in [-0.05, 0) is 81.1 Å². The minimum Gasteiger partial charge on any atom is -0.494 e. The Morgan fingerprint density at radius 1 is 1.07 bits per heavy atom. The van der Waals surface area contributed by atoms with Crippen LogP contribution in [0.25, 0.3) is 10.9 Å². The summed E-state index contributed by atoms with van der Waals surface area (Å²) in [5.41, 5.74) is 5.06. The third-order valence-electron chi connectivity index (χ3n) is 7.84. The summed E-state index contributed by atoms with van der Waals surface area (Å²) >= 11 is 0. The van der Waals surface area contributed by atoms with E-state index in [1.54, 1.807) is 6.07 Å². The molecule has 2 aromatic heterocycles. The van der Waals surface area contributed by atoms with E-state index >= 15 is 0 Å². The Morgan fingerprint density at radius 3 is 2.77 bits per heavy atom. The highest BCUT2D eigenvalue weighted by molar-refractivity contribution is 5.94. The number of likely N-dealkylation sites (tertiary alicyclic amines) is 1. The fourth-order valence-corrected chi connectivity index (χ4v) is 5.61. The van der Waals surface area contributed by atoms with E-state index in [4.69, 9.17) is 4.74 Å². The normalized spacial score (nSPS) is 15.5. The zero-order chi connectivity index (χ0) is 28.1. The minimum absolute atomic E-state index is 0.0610. The zero-order valence-corrected chi connectivity index (χ0v) is 23.7. The van der Waals surface area contributed by atoms with Crippen LogP contribution in [0.2, 0.25) is 0 Å². The lowest BCUT2D eigenvalue weighted by atomic mass is 9.98. The average Bonchev–Trinajstić information content (AvgIpc) is 2.95. The van der Waals surface area contributed by atoms with Crippen molar-refractivity contribution >= 4 is 16.8 Å². The molecule has 1 saturated heterocycles. The first-order chi connectivity index (χ1) is 19.4. The first kappa shape index (κ1) is 27.6. The van der Waals surface area contributed by atoms with Gasteiger partial charge in [0.05, 0.1) is 12.1 Å². The Labute approximate surface area is 235 Å². The average molecular weight is 539 g/mol. The van der Waals surface area contributed by atoms with Crippen molar-refractivity contribution in [2.24, 2.45) is 0 Å². The van der Waals surface area contributed by atoms with Crippen molar-refractivity contribution in [1.29, 1.82) is 0 Å². The van der Waals surface area contributed by atoms with Crippen LogP contribution < -0.4 is 10.3 Å². The number of hydrogen-bond acceptors (Lipinski definition) is 5. The van der Waals surface area contributed by atoms with E-state index in [-0.39, 0.29) is 23.1 Å². The lowest BCUT2D eigenvalue weighted by Gasteiger charge is -2.35. The van der Waals surface area contributed by atoms with E-state index in [0.717, 1.165) is 66.7 Å². The number of carbonyl (C=O) groups excluding carboxylic acids is 1. The molecular formula is C33H38N4O3. The first-order valence-electron chi connectivity index (χ1n) is 14.1. The highest BCUT2D eigenvalue weighted by atomic mass is 16.5. The number of fused-ring (bicyclic) bond motifs is 1. The van der Waals surface area contributed by atoms with Gasteiger partial charge in [0.1, 0.15) is 11.3 Å². The van der Waals surface area contributed by atoms with Crippen LogP contribution in [0.1, 0.15) is 58.4 Å². The maximum Gasteiger partial charge on any atom is 0.261 e. The molecule has 1 amide bonds. The zero-order valence-electron chi connectivity index (χ0n) is 23.7. The largest absolute Gasteiger partial charge is 0.494 e. The molecule has 1 fully saturated rings. The monoisotopic (exact) mass is 538 g/mol. The summed E-state index contributed by atoms with van der Waals surface area (Å²) in [6.45, 7) is 6.53. The predicted molar refractivity (Wildman–Crippen MR) is 159 cm³/mol. The van der Waals surface area contributed by atoms with Gasteiger partial charge in [-0.1, -0.05) is 36.4 Å². The van der Waals surface area contributed by atoms with Gasteiger partial charge in [-0.25, -0.2) is 0 Å². The number of para-hydroxylation sites is 1. The van der Waals surface area contributed by atoms with Gasteiger partial charge in [-0.3, -0.25) is 19.5 Å². The number of aromatic nitrogens is 2. The van der Waals surface area contributed by atoms with Gasteiger partial charge in [0, 0.05) is 49.4 Å². The second kappa shape index (κ2) is 12.5. The summed E-state index contributed by atoms with van der Waals surface area (Å²) in [7, 11) is 2.12. The Morgan fingerprint density at radius 2 is 1.90 bits per heavy atom. The third-order valence-corrected chi connectivity index (χ3v) is 7.84. The second-order valence-corrected chi connectivity index (χ2v) is 10.9. The second-order valence-electron chi connectivity index (χ2n) is 10.9. The number of piperidine rings is 1. The molecule has 4 aromatic rings. The van der Waals surface area contributed by atoms with E-state index in [1.807, 2.05) is 43.1 Å². The summed E-state index contributed by atoms with van der Waals surface area (Å²) < 4.78 is 6.16. The highest BCUT2D eigenvalue weighted by Gasteiger charge is 2.29. The molecule has 208 valence electrons. The molecule has 0 spiro atoms. The molecule has 0 radical (unpaired) electrons. The fourth-order valence-electron chi connectivity index (χ4n) is 5.61. The summed E-state index contributed by atoms with van der Waals surface area (Å²) in [6.07, 6.45) is 5.53. The molecule has 0 aliphatic carbocycles. The van der Waals surface area contributed by atoms with Crippen LogP contribution in [-0.4, -0.2) is 51.9 Å². The molecule has 1 atom stereocenters. The lowest BCUT2D eigenvalue weighted by Crippen LogP contribution is -2.46. The van der Waals surface area contributed by atoms with Gasteiger partial charge in [-0.15, -0.1) is 0 Å². The number of H-pyrrole nitrogens is 1. The van der Waals surface area contributed by atoms with Gasteiger partial charge in [-0.2, -0.15) is 0 Å². The lowest BCUT2D eigenvalue weighted by molar-refractivity contribution is 0.0578. The number of aromatic amines is 1. The van der Waals surface area contributed by atoms with Crippen molar-refractivity contribution in [3.63, 3.8) is 0 Å². The molecule has 1 aliphatic heterocycles. The quantitative estimate of drug-likeness (QED) is 0.299. The minimum atomic E-state index is -0.313. The van der Waals surface area contributed by atoms with Crippen molar-refractivity contribution < 1.29 is 9.53 Å². The summed E-state index contributed by atoms with van der Waals surface area (Å²) in [6, 6.07) is 20.4. The Bertz CT molecular complexity index is 1540. The first-order valence-corrected chi connectivity index (χ1v) is 14.1. The number of amides is 1. The van der Waals surface area contributed by atoms with Crippen molar-refractivity contribution in [2.75, 3.05) is 20.2 Å². The maximum absolute atomic E-state index is 13.3. The van der Waals surface area contributed by atoms with E-state index in [1.165, 1.54) is 11.1 Å². The number of aryl methyl sites for hydroxylation is 2. The molecule has 1 unspecified atom stereocenters. The number of nitrogens with one attached hydrogen (secondary N) is 1. The molecule has 7 heteroatoms. The molecular weight excluding hydrogens is 500 g/mol. The van der Waals surface area contributed by atoms with Crippen molar-refractivity contribution in [3.05, 3.63) is 105 Å². The highest BCUT2D eigenvalue weighted by Crippen LogP contribution is 2.23. The van der Waals surface area contributed by atoms with Gasteiger partial charge >= 0.3 is 0 Å². The predicted octanol–water partition coefficient (Wildman–Crippen LogP) is 5.64. The van der Waals surface area contributed by atoms with Crippen LogP contribution in [0.5, 0.6) is 5.75 Å². The number of carbonyl (C=O) groups is 1. The third kappa shape index (κ3) is 6.42. The van der Waals surface area contributed by atoms with Crippen LogP contribution >= 0.6 is 0 Å². The molecule has 0 saturated carbocycles. The van der Waals surface area contributed by atoms with Crippen LogP contribution in [-0.2, 0) is 13.1 Å². The summed E-state index contributed by atoms with van der Waals surface area (Å²) in [5, 5.41) is 1.16. The van der Waals surface area contributed by atoms with Gasteiger partial charge in [0.25, 0.3) is 11.5 Å². The Balaban J connectivity index is 1.18. The van der Waals surface area contributed by atoms with Gasteiger partial charge in [0.2, 0.25) is 0 Å². The van der Waals surface area contributed by atoms with Crippen LogP contribution in [0.4, 0.5) is 0 Å². The molecule has 5 rings (SSSR count). The SMILES string of the molecule is Cc1cc(C(=O)N2CCCCC2CCOc2cccc(CN(C)Cc3cccc4cccnc34)c2)c(=O)[nH]c1C. The van der Waals surface area contributed by atoms with Gasteiger partial charge in [0.15, 0.2) is 0 Å². The standard InChI is InChI=1S/C33H38N4O3/c1-23-19-30(32(38)35-24(23)2)33(39)37-17-5-4-13-28(37)15-18-40-29-14-6-9-25(20-29)21-36(3)22-27-11-7-10-26-12-8-16-34-31(26)27/h6-12,14,16,19-20,28H,4-5,13,15,17-18,21-22H2,1-3H3,(H,35,38). The van der Waals surface area contributed by atoms with E-state index in [2.05, 4.69) is 58.3 Å². The van der Waals surface area contributed by atoms with E-state index in [9.17, 15) is 9.59 Å². The topological polar surface area (TPSA) is 78.5 Å². The summed E-state index contributed by atoms with van der Waals surface area (Å²) in [4.78, 5) is 37.4.